The van der Waals surface area contributed by atoms with E-state index in [0.717, 1.165) is 52.1 Å². The molecule has 0 radical (unpaired) electrons. The lowest BCUT2D eigenvalue weighted by molar-refractivity contribution is -0.148. The molecule has 2 atom stereocenters. The minimum absolute atomic E-state index is 0.194. The van der Waals surface area contributed by atoms with Crippen LogP contribution in [0.4, 0.5) is 0 Å². The summed E-state index contributed by atoms with van der Waals surface area (Å²) in [6.07, 6.45) is 3.76. The SMILES string of the molecule is COC(=O)C(C)(CCCCOCC1CCOC1)NC(C)C. The van der Waals surface area contributed by atoms with Crippen LogP contribution in [0.25, 0.3) is 0 Å². The molecule has 5 nitrogen and oxygen atoms in total. The number of unbranched alkanes of at least 4 members (excludes halogenated alkanes) is 1. The minimum atomic E-state index is -0.609. The van der Waals surface area contributed by atoms with Gasteiger partial charge in [0.15, 0.2) is 0 Å². The van der Waals surface area contributed by atoms with Gasteiger partial charge in [0.05, 0.1) is 20.3 Å². The lowest BCUT2D eigenvalue weighted by atomic mass is 9.94. The van der Waals surface area contributed by atoms with Gasteiger partial charge in [-0.15, -0.1) is 0 Å². The fraction of sp³-hybridized carbons (Fsp3) is 0.938. The molecule has 0 aliphatic carbocycles. The summed E-state index contributed by atoms with van der Waals surface area (Å²) in [4.78, 5) is 11.9. The maximum atomic E-state index is 11.9. The summed E-state index contributed by atoms with van der Waals surface area (Å²) >= 11 is 0. The van der Waals surface area contributed by atoms with Crippen LogP contribution in [0.2, 0.25) is 0 Å². The van der Waals surface area contributed by atoms with E-state index in [1.165, 1.54) is 7.11 Å². The summed E-state index contributed by atoms with van der Waals surface area (Å²) in [7, 11) is 1.44. The van der Waals surface area contributed by atoms with Gasteiger partial charge in [-0.25, -0.2) is 0 Å². The zero-order valence-electron chi connectivity index (χ0n) is 13.9. The maximum Gasteiger partial charge on any atom is 0.325 e. The number of rotatable bonds is 10. The van der Waals surface area contributed by atoms with Gasteiger partial charge < -0.3 is 14.2 Å². The minimum Gasteiger partial charge on any atom is -0.468 e. The van der Waals surface area contributed by atoms with Crippen LogP contribution in [-0.4, -0.2) is 51.1 Å². The fourth-order valence-corrected chi connectivity index (χ4v) is 2.74. The van der Waals surface area contributed by atoms with E-state index < -0.39 is 5.54 Å². The van der Waals surface area contributed by atoms with Gasteiger partial charge in [-0.1, -0.05) is 0 Å². The van der Waals surface area contributed by atoms with Crippen molar-refractivity contribution in [3.63, 3.8) is 0 Å². The van der Waals surface area contributed by atoms with E-state index in [-0.39, 0.29) is 12.0 Å². The van der Waals surface area contributed by atoms with Crippen LogP contribution in [0.1, 0.15) is 46.5 Å². The second-order valence-electron chi connectivity index (χ2n) is 6.38. The molecule has 0 spiro atoms. The van der Waals surface area contributed by atoms with Crippen molar-refractivity contribution < 1.29 is 19.0 Å². The molecule has 1 heterocycles. The molecule has 0 aromatic rings. The van der Waals surface area contributed by atoms with Crippen LogP contribution in [0, 0.1) is 5.92 Å². The Morgan fingerprint density at radius 1 is 1.43 bits per heavy atom. The first kappa shape index (κ1) is 18.4. The Morgan fingerprint density at radius 3 is 2.76 bits per heavy atom. The highest BCUT2D eigenvalue weighted by Gasteiger charge is 2.33. The summed E-state index contributed by atoms with van der Waals surface area (Å²) in [6, 6.07) is 0.243. The van der Waals surface area contributed by atoms with Crippen molar-refractivity contribution in [3.05, 3.63) is 0 Å². The quantitative estimate of drug-likeness (QED) is 0.495. The Morgan fingerprint density at radius 2 is 2.19 bits per heavy atom. The molecule has 2 unspecified atom stereocenters. The first-order chi connectivity index (χ1) is 9.98. The zero-order chi connectivity index (χ0) is 15.7. The van der Waals surface area contributed by atoms with Crippen LogP contribution in [0.5, 0.6) is 0 Å². The number of methoxy groups -OCH3 is 1. The van der Waals surface area contributed by atoms with Gasteiger partial charge >= 0.3 is 5.97 Å². The van der Waals surface area contributed by atoms with Crippen molar-refractivity contribution in [1.82, 2.24) is 5.32 Å². The van der Waals surface area contributed by atoms with Gasteiger partial charge in [0, 0.05) is 25.2 Å². The number of carbonyl (C=O) groups is 1. The lowest BCUT2D eigenvalue weighted by Gasteiger charge is -2.30. The summed E-state index contributed by atoms with van der Waals surface area (Å²) in [5, 5.41) is 3.31. The molecular weight excluding hydrogens is 270 g/mol. The Labute approximate surface area is 128 Å². The third-order valence-corrected chi connectivity index (χ3v) is 3.84. The van der Waals surface area contributed by atoms with Crippen LogP contribution < -0.4 is 5.32 Å². The topological polar surface area (TPSA) is 56.8 Å². The molecule has 1 saturated heterocycles. The smallest absolute Gasteiger partial charge is 0.325 e. The predicted octanol–water partition coefficient (Wildman–Crippen LogP) is 2.14. The van der Waals surface area contributed by atoms with Crippen molar-refractivity contribution in [2.24, 2.45) is 5.92 Å². The first-order valence-electron chi connectivity index (χ1n) is 7.99. The van der Waals surface area contributed by atoms with Gasteiger partial charge in [-0.05, 0) is 46.5 Å². The van der Waals surface area contributed by atoms with Crippen molar-refractivity contribution in [2.75, 3.05) is 33.5 Å². The highest BCUT2D eigenvalue weighted by Crippen LogP contribution is 2.17. The first-order valence-corrected chi connectivity index (χ1v) is 7.99. The summed E-state index contributed by atoms with van der Waals surface area (Å²) in [6.45, 7) is 9.22. The Bertz CT molecular complexity index is 303. The third-order valence-electron chi connectivity index (χ3n) is 3.84. The molecule has 1 rings (SSSR count). The normalized spacial score (nSPS) is 21.5. The van der Waals surface area contributed by atoms with E-state index in [2.05, 4.69) is 5.32 Å². The van der Waals surface area contributed by atoms with Crippen molar-refractivity contribution in [3.8, 4) is 0 Å². The lowest BCUT2D eigenvalue weighted by Crippen LogP contribution is -2.52. The van der Waals surface area contributed by atoms with Crippen LogP contribution in [0.3, 0.4) is 0 Å². The second-order valence-corrected chi connectivity index (χ2v) is 6.38. The molecule has 0 bridgehead atoms. The van der Waals surface area contributed by atoms with E-state index in [1.54, 1.807) is 0 Å². The summed E-state index contributed by atoms with van der Waals surface area (Å²) in [5.74, 6) is 0.369. The predicted molar refractivity (Wildman–Crippen MR) is 82.3 cm³/mol. The maximum absolute atomic E-state index is 11.9. The molecule has 21 heavy (non-hydrogen) atoms. The average molecular weight is 301 g/mol. The molecule has 1 N–H and O–H groups in total. The van der Waals surface area contributed by atoms with E-state index >= 15 is 0 Å². The average Bonchev–Trinajstić information content (AvgIpc) is 2.94. The number of esters is 1. The summed E-state index contributed by atoms with van der Waals surface area (Å²) in [5.41, 5.74) is -0.609. The van der Waals surface area contributed by atoms with Crippen molar-refractivity contribution in [1.29, 1.82) is 0 Å². The molecule has 0 aromatic heterocycles. The molecule has 124 valence electrons. The van der Waals surface area contributed by atoms with Crippen LogP contribution in [-0.2, 0) is 19.0 Å². The number of hydrogen-bond donors (Lipinski definition) is 1. The van der Waals surface area contributed by atoms with Crippen LogP contribution >= 0.6 is 0 Å². The van der Waals surface area contributed by atoms with E-state index in [0.29, 0.717) is 5.92 Å². The monoisotopic (exact) mass is 301 g/mol. The Kier molecular flexibility index (Phi) is 8.22. The second kappa shape index (κ2) is 9.38. The Hall–Kier alpha value is -0.650. The van der Waals surface area contributed by atoms with Gasteiger partial charge in [-0.2, -0.15) is 0 Å². The molecule has 1 aliphatic rings. The van der Waals surface area contributed by atoms with E-state index in [4.69, 9.17) is 14.2 Å². The van der Waals surface area contributed by atoms with Gasteiger partial charge in [-0.3, -0.25) is 10.1 Å². The van der Waals surface area contributed by atoms with E-state index in [9.17, 15) is 4.79 Å². The molecule has 1 aliphatic heterocycles. The molecule has 0 amide bonds. The largest absolute Gasteiger partial charge is 0.468 e. The zero-order valence-corrected chi connectivity index (χ0v) is 13.9. The molecule has 0 aromatic carbocycles. The third kappa shape index (κ3) is 6.76. The van der Waals surface area contributed by atoms with Crippen molar-refractivity contribution in [2.45, 2.75) is 58.0 Å². The van der Waals surface area contributed by atoms with Crippen molar-refractivity contribution >= 4 is 5.97 Å². The fourth-order valence-electron chi connectivity index (χ4n) is 2.74. The highest BCUT2D eigenvalue weighted by molar-refractivity contribution is 5.80. The van der Waals surface area contributed by atoms with Gasteiger partial charge in [0.25, 0.3) is 0 Å². The Balaban J connectivity index is 2.18. The molecule has 5 heteroatoms. The number of nitrogens with one attached hydrogen (secondary N) is 1. The number of ether oxygens (including phenoxy) is 3. The van der Waals surface area contributed by atoms with Crippen LogP contribution in [0.15, 0.2) is 0 Å². The molecule has 0 saturated carbocycles. The summed E-state index contributed by atoms with van der Waals surface area (Å²) < 4.78 is 15.9. The highest BCUT2D eigenvalue weighted by atomic mass is 16.5. The number of hydrogen-bond acceptors (Lipinski definition) is 5. The standard InChI is InChI=1S/C16H31NO4/c1-13(2)17-16(3,15(18)19-4)8-5-6-9-20-11-14-7-10-21-12-14/h13-14,17H,5-12H2,1-4H3. The van der Waals surface area contributed by atoms with Gasteiger partial charge in [0.2, 0.25) is 0 Å². The van der Waals surface area contributed by atoms with E-state index in [1.807, 2.05) is 20.8 Å². The molecular formula is C16H31NO4. The van der Waals surface area contributed by atoms with Gasteiger partial charge in [0.1, 0.15) is 5.54 Å². The number of carbonyl (C=O) groups excluding carboxylic acids is 1. The molecule has 1 fully saturated rings.